The molecule has 0 radical (unpaired) electrons. The molecule has 1 aliphatic rings. The summed E-state index contributed by atoms with van der Waals surface area (Å²) in [4.78, 5) is 11.8. The minimum atomic E-state index is -0.856. The van der Waals surface area contributed by atoms with Crippen LogP contribution in [0.1, 0.15) is 33.1 Å². The van der Waals surface area contributed by atoms with Crippen molar-refractivity contribution >= 4 is 16.7 Å². The van der Waals surface area contributed by atoms with Gasteiger partial charge in [0.25, 0.3) is 0 Å². The quantitative estimate of drug-likeness (QED) is 0.763. The van der Waals surface area contributed by atoms with Crippen molar-refractivity contribution in [3.63, 3.8) is 0 Å². The van der Waals surface area contributed by atoms with Crippen molar-refractivity contribution in [1.82, 2.24) is 10.6 Å². The van der Waals surface area contributed by atoms with Gasteiger partial charge in [0, 0.05) is 41.3 Å². The fraction of sp³-hybridized carbons (Fsp3) is 0.917. The highest BCUT2D eigenvalue weighted by molar-refractivity contribution is 7.84. The zero-order valence-corrected chi connectivity index (χ0v) is 11.8. The van der Waals surface area contributed by atoms with E-state index < -0.39 is 10.8 Å². The summed E-state index contributed by atoms with van der Waals surface area (Å²) >= 11 is 0. The number of carbonyl (C=O) groups is 1. The second-order valence-corrected chi connectivity index (χ2v) is 6.57. The average molecular weight is 260 g/mol. The lowest BCUT2D eigenvalue weighted by Gasteiger charge is -2.30. The summed E-state index contributed by atoms with van der Waals surface area (Å²) in [5, 5.41) is 6.30. The van der Waals surface area contributed by atoms with Crippen molar-refractivity contribution in [2.24, 2.45) is 5.92 Å². The van der Waals surface area contributed by atoms with E-state index in [2.05, 4.69) is 17.6 Å². The molecular formula is C12H24N2O2S. The minimum absolute atomic E-state index is 0.00719. The van der Waals surface area contributed by atoms with Crippen LogP contribution in [0.2, 0.25) is 0 Å². The Kier molecular flexibility index (Phi) is 6.12. The first-order valence-corrected chi connectivity index (χ1v) is 8.04. The zero-order valence-electron chi connectivity index (χ0n) is 11.0. The first-order chi connectivity index (χ1) is 7.99. The van der Waals surface area contributed by atoms with E-state index in [1.165, 1.54) is 12.8 Å². The molecule has 0 aliphatic carbocycles. The highest BCUT2D eigenvalue weighted by Crippen LogP contribution is 2.17. The van der Waals surface area contributed by atoms with Crippen LogP contribution in [0.4, 0.5) is 0 Å². The van der Waals surface area contributed by atoms with Crippen molar-refractivity contribution in [3.05, 3.63) is 0 Å². The summed E-state index contributed by atoms with van der Waals surface area (Å²) in [7, 11) is -0.856. The van der Waals surface area contributed by atoms with Gasteiger partial charge in [0.05, 0.1) is 0 Å². The standard InChI is InChI=1S/C12H24N2O2S/c1-9-5-4-6-13-11(9)7-12(15)14-10(2)8-17(3)16/h9-11,13H,4-8H2,1-3H3,(H,14,15). The predicted octanol–water partition coefficient (Wildman–Crippen LogP) is 0.648. The number of carbonyl (C=O) groups excluding carboxylic acids is 1. The molecule has 4 nitrogen and oxygen atoms in total. The molecular weight excluding hydrogens is 236 g/mol. The lowest BCUT2D eigenvalue weighted by molar-refractivity contribution is -0.122. The van der Waals surface area contributed by atoms with Gasteiger partial charge in [-0.25, -0.2) is 0 Å². The Bertz CT molecular complexity index is 284. The first kappa shape index (κ1) is 14.6. The van der Waals surface area contributed by atoms with Crippen molar-refractivity contribution in [3.8, 4) is 0 Å². The van der Waals surface area contributed by atoms with Gasteiger partial charge < -0.3 is 10.6 Å². The maximum atomic E-state index is 11.8. The molecule has 5 heteroatoms. The van der Waals surface area contributed by atoms with Gasteiger partial charge in [-0.2, -0.15) is 0 Å². The van der Waals surface area contributed by atoms with Crippen LogP contribution >= 0.6 is 0 Å². The molecule has 0 spiro atoms. The van der Waals surface area contributed by atoms with Gasteiger partial charge in [-0.15, -0.1) is 0 Å². The third-order valence-electron chi connectivity index (χ3n) is 3.23. The molecule has 1 fully saturated rings. The first-order valence-electron chi connectivity index (χ1n) is 6.31. The SMILES string of the molecule is CC(CS(C)=O)NC(=O)CC1NCCCC1C. The Labute approximate surface area is 106 Å². The van der Waals surface area contributed by atoms with Crippen molar-refractivity contribution in [2.75, 3.05) is 18.6 Å². The molecule has 1 saturated heterocycles. The molecule has 100 valence electrons. The lowest BCUT2D eigenvalue weighted by Crippen LogP contribution is -2.45. The second kappa shape index (κ2) is 7.11. The maximum Gasteiger partial charge on any atom is 0.221 e. The van der Waals surface area contributed by atoms with Gasteiger partial charge in [0.1, 0.15) is 0 Å². The van der Waals surface area contributed by atoms with Crippen LogP contribution in [0.25, 0.3) is 0 Å². The van der Waals surface area contributed by atoms with Crippen LogP contribution in [0, 0.1) is 5.92 Å². The second-order valence-electron chi connectivity index (χ2n) is 5.09. The van der Waals surface area contributed by atoms with Crippen LogP contribution in [0.5, 0.6) is 0 Å². The summed E-state index contributed by atoms with van der Waals surface area (Å²) in [6, 6.07) is 0.287. The Morgan fingerprint density at radius 2 is 2.29 bits per heavy atom. The monoisotopic (exact) mass is 260 g/mol. The number of piperidine rings is 1. The van der Waals surface area contributed by atoms with E-state index in [9.17, 15) is 9.00 Å². The molecule has 0 saturated carbocycles. The predicted molar refractivity (Wildman–Crippen MR) is 71.3 cm³/mol. The average Bonchev–Trinajstić information content (AvgIpc) is 2.19. The largest absolute Gasteiger partial charge is 0.353 e. The fourth-order valence-corrected chi connectivity index (χ4v) is 3.10. The molecule has 4 unspecified atom stereocenters. The number of nitrogens with one attached hydrogen (secondary N) is 2. The van der Waals surface area contributed by atoms with E-state index in [0.717, 1.165) is 6.54 Å². The summed E-state index contributed by atoms with van der Waals surface area (Å²) < 4.78 is 11.0. The fourth-order valence-electron chi connectivity index (χ4n) is 2.31. The molecule has 17 heavy (non-hydrogen) atoms. The highest BCUT2D eigenvalue weighted by atomic mass is 32.2. The minimum Gasteiger partial charge on any atom is -0.353 e. The van der Waals surface area contributed by atoms with E-state index in [1.54, 1.807) is 6.26 Å². The molecule has 1 amide bonds. The van der Waals surface area contributed by atoms with E-state index in [4.69, 9.17) is 0 Å². The Morgan fingerprint density at radius 3 is 2.88 bits per heavy atom. The number of amides is 1. The lowest BCUT2D eigenvalue weighted by atomic mass is 9.90. The van der Waals surface area contributed by atoms with Crippen LogP contribution in [-0.4, -0.2) is 40.8 Å². The van der Waals surface area contributed by atoms with Gasteiger partial charge >= 0.3 is 0 Å². The summed E-state index contributed by atoms with van der Waals surface area (Å²) in [5.41, 5.74) is 0. The summed E-state index contributed by atoms with van der Waals surface area (Å²) in [6.07, 6.45) is 4.58. The molecule has 1 heterocycles. The van der Waals surface area contributed by atoms with Gasteiger partial charge in [-0.1, -0.05) is 6.92 Å². The Hall–Kier alpha value is -0.420. The molecule has 0 bridgehead atoms. The molecule has 0 aromatic carbocycles. The summed E-state index contributed by atoms with van der Waals surface area (Å²) in [5.74, 6) is 1.15. The van der Waals surface area contributed by atoms with E-state index in [1.807, 2.05) is 6.92 Å². The van der Waals surface area contributed by atoms with Crippen LogP contribution < -0.4 is 10.6 Å². The maximum absolute atomic E-state index is 11.8. The highest BCUT2D eigenvalue weighted by Gasteiger charge is 2.23. The van der Waals surface area contributed by atoms with Crippen molar-refractivity contribution < 1.29 is 9.00 Å². The number of rotatable bonds is 5. The van der Waals surface area contributed by atoms with Gasteiger partial charge in [0.15, 0.2) is 0 Å². The van der Waals surface area contributed by atoms with Crippen LogP contribution in [-0.2, 0) is 15.6 Å². The Morgan fingerprint density at radius 1 is 1.59 bits per heavy atom. The number of hydrogen-bond acceptors (Lipinski definition) is 3. The third kappa shape index (κ3) is 5.64. The topological polar surface area (TPSA) is 58.2 Å². The summed E-state index contributed by atoms with van der Waals surface area (Å²) in [6.45, 7) is 5.10. The van der Waals surface area contributed by atoms with Gasteiger partial charge in [-0.3, -0.25) is 9.00 Å². The normalized spacial score (nSPS) is 28.4. The molecule has 2 N–H and O–H groups in total. The number of hydrogen-bond donors (Lipinski definition) is 2. The third-order valence-corrected chi connectivity index (χ3v) is 4.20. The van der Waals surface area contributed by atoms with Gasteiger partial charge in [0.2, 0.25) is 5.91 Å². The molecule has 1 rings (SSSR count). The molecule has 1 aliphatic heterocycles. The Balaban J connectivity index is 2.30. The molecule has 4 atom stereocenters. The van der Waals surface area contributed by atoms with Crippen LogP contribution in [0.3, 0.4) is 0 Å². The molecule has 0 aromatic heterocycles. The van der Waals surface area contributed by atoms with E-state index in [-0.39, 0.29) is 11.9 Å². The zero-order chi connectivity index (χ0) is 12.8. The van der Waals surface area contributed by atoms with Crippen LogP contribution in [0.15, 0.2) is 0 Å². The van der Waals surface area contributed by atoms with Crippen molar-refractivity contribution in [2.45, 2.75) is 45.2 Å². The van der Waals surface area contributed by atoms with Gasteiger partial charge in [-0.05, 0) is 32.2 Å². The van der Waals surface area contributed by atoms with Crippen molar-refractivity contribution in [1.29, 1.82) is 0 Å². The molecule has 0 aromatic rings. The van der Waals surface area contributed by atoms with E-state index in [0.29, 0.717) is 24.1 Å². The smallest absolute Gasteiger partial charge is 0.221 e. The van der Waals surface area contributed by atoms with E-state index >= 15 is 0 Å².